The van der Waals surface area contributed by atoms with Crippen molar-refractivity contribution < 1.29 is 18.1 Å². The Morgan fingerprint density at radius 3 is 2.26 bits per heavy atom. The highest BCUT2D eigenvalue weighted by Gasteiger charge is 2.26. The molecule has 0 unspecified atom stereocenters. The topological polar surface area (TPSA) is 106 Å². The Morgan fingerprint density at radius 2 is 1.74 bits per heavy atom. The first-order valence-corrected chi connectivity index (χ1v) is 10.1. The van der Waals surface area contributed by atoms with Gasteiger partial charge in [0, 0.05) is 29.1 Å². The number of rotatable bonds is 4. The monoisotopic (exact) mass is 390 g/mol. The summed E-state index contributed by atoms with van der Waals surface area (Å²) in [5.74, 6) is -0.549. The smallest absolute Gasteiger partial charge is 0.273 e. The van der Waals surface area contributed by atoms with E-state index in [0.29, 0.717) is 16.8 Å². The van der Waals surface area contributed by atoms with Crippen LogP contribution >= 0.6 is 0 Å². The molecule has 1 N–H and O–H groups in total. The molecule has 0 radical (unpaired) electrons. The maximum Gasteiger partial charge on any atom is 0.273 e. The number of nitro benzene ring substituents is 1. The van der Waals surface area contributed by atoms with E-state index in [9.17, 15) is 23.3 Å². The summed E-state index contributed by atoms with van der Waals surface area (Å²) in [5.41, 5.74) is 1.09. The van der Waals surface area contributed by atoms with Crippen LogP contribution in [0.1, 0.15) is 42.3 Å². The van der Waals surface area contributed by atoms with Crippen molar-refractivity contribution in [3.63, 3.8) is 0 Å². The zero-order valence-electron chi connectivity index (χ0n) is 15.9. The molecular formula is C19H22N2O5S. The average molecular weight is 390 g/mol. The zero-order chi connectivity index (χ0) is 20.6. The van der Waals surface area contributed by atoms with Gasteiger partial charge in [-0.2, -0.15) is 0 Å². The summed E-state index contributed by atoms with van der Waals surface area (Å²) in [4.78, 5) is 23.6. The third-order valence-electron chi connectivity index (χ3n) is 4.15. The highest BCUT2D eigenvalue weighted by Crippen LogP contribution is 2.32. The van der Waals surface area contributed by atoms with Crippen LogP contribution in [0.15, 0.2) is 41.3 Å². The molecule has 7 nitrogen and oxygen atoms in total. The van der Waals surface area contributed by atoms with E-state index in [4.69, 9.17) is 0 Å². The minimum Gasteiger partial charge on any atom is -0.322 e. The third kappa shape index (κ3) is 4.71. The molecular weight excluding hydrogens is 368 g/mol. The van der Waals surface area contributed by atoms with Crippen LogP contribution in [-0.4, -0.2) is 25.5 Å². The first-order chi connectivity index (χ1) is 12.3. The molecule has 144 valence electrons. The summed E-state index contributed by atoms with van der Waals surface area (Å²) in [6, 6.07) is 8.78. The maximum absolute atomic E-state index is 12.6. The Kier molecular flexibility index (Phi) is 5.42. The van der Waals surface area contributed by atoms with Crippen molar-refractivity contribution in [2.24, 2.45) is 0 Å². The minimum atomic E-state index is -3.42. The zero-order valence-corrected chi connectivity index (χ0v) is 16.7. The maximum atomic E-state index is 12.6. The second-order valence-corrected chi connectivity index (χ2v) is 9.46. The highest BCUT2D eigenvalue weighted by atomic mass is 32.2. The van der Waals surface area contributed by atoms with Crippen LogP contribution in [0, 0.1) is 17.0 Å². The SMILES string of the molecule is Cc1ccc(S(C)(=O)=O)cc1NC(=O)c1ccc(C(C)(C)C)c([N+](=O)[O-])c1. The van der Waals surface area contributed by atoms with Gasteiger partial charge in [-0.05, 0) is 36.1 Å². The molecule has 2 rings (SSSR count). The van der Waals surface area contributed by atoms with Crippen molar-refractivity contribution in [3.8, 4) is 0 Å². The Bertz CT molecular complexity index is 1020. The lowest BCUT2D eigenvalue weighted by atomic mass is 9.85. The van der Waals surface area contributed by atoms with Crippen LogP contribution in [0.25, 0.3) is 0 Å². The lowest BCUT2D eigenvalue weighted by molar-refractivity contribution is -0.386. The van der Waals surface area contributed by atoms with Gasteiger partial charge >= 0.3 is 0 Å². The van der Waals surface area contributed by atoms with Crippen LogP contribution in [0.3, 0.4) is 0 Å². The van der Waals surface area contributed by atoms with Gasteiger partial charge < -0.3 is 5.32 Å². The summed E-state index contributed by atoms with van der Waals surface area (Å²) < 4.78 is 23.4. The molecule has 0 aliphatic heterocycles. The number of amides is 1. The van der Waals surface area contributed by atoms with Gasteiger partial charge in [-0.1, -0.05) is 32.9 Å². The predicted octanol–water partition coefficient (Wildman–Crippen LogP) is 3.86. The number of nitrogens with one attached hydrogen (secondary N) is 1. The molecule has 27 heavy (non-hydrogen) atoms. The van der Waals surface area contributed by atoms with E-state index in [1.165, 1.54) is 24.3 Å². The standard InChI is InChI=1S/C19H22N2O5S/c1-12-6-8-14(27(5,25)26)11-16(12)20-18(22)13-7-9-15(19(2,3)4)17(10-13)21(23)24/h6-11H,1-5H3,(H,20,22). The lowest BCUT2D eigenvalue weighted by Gasteiger charge is -2.19. The first-order valence-electron chi connectivity index (χ1n) is 8.21. The fourth-order valence-corrected chi connectivity index (χ4v) is 3.27. The van der Waals surface area contributed by atoms with Crippen LogP contribution in [0.2, 0.25) is 0 Å². The number of nitrogens with zero attached hydrogens (tertiary/aromatic N) is 1. The van der Waals surface area contributed by atoms with Gasteiger partial charge in [-0.3, -0.25) is 14.9 Å². The van der Waals surface area contributed by atoms with E-state index >= 15 is 0 Å². The van der Waals surface area contributed by atoms with Crippen LogP contribution in [-0.2, 0) is 15.3 Å². The molecule has 0 fully saturated rings. The van der Waals surface area contributed by atoms with E-state index in [1.807, 2.05) is 20.8 Å². The second-order valence-electron chi connectivity index (χ2n) is 7.44. The van der Waals surface area contributed by atoms with E-state index in [0.717, 1.165) is 6.26 Å². The average Bonchev–Trinajstić information content (AvgIpc) is 2.54. The molecule has 0 spiro atoms. The summed E-state index contributed by atoms with van der Waals surface area (Å²) in [6.07, 6.45) is 1.08. The second kappa shape index (κ2) is 7.11. The molecule has 0 aliphatic carbocycles. The number of nitro groups is 1. The van der Waals surface area contributed by atoms with Gasteiger partial charge in [-0.15, -0.1) is 0 Å². The number of hydrogen-bond donors (Lipinski definition) is 1. The Morgan fingerprint density at radius 1 is 1.11 bits per heavy atom. The van der Waals surface area contributed by atoms with E-state index in [-0.39, 0.29) is 16.1 Å². The lowest BCUT2D eigenvalue weighted by Crippen LogP contribution is -2.17. The van der Waals surface area contributed by atoms with Crippen LogP contribution in [0.4, 0.5) is 11.4 Å². The molecule has 2 aromatic carbocycles. The Hall–Kier alpha value is -2.74. The molecule has 0 aliphatic rings. The van der Waals surface area contributed by atoms with E-state index in [2.05, 4.69) is 5.32 Å². The summed E-state index contributed by atoms with van der Waals surface area (Å²) in [7, 11) is -3.42. The van der Waals surface area contributed by atoms with Crippen molar-refractivity contribution >= 4 is 27.1 Å². The van der Waals surface area contributed by atoms with Gasteiger partial charge in [0.2, 0.25) is 0 Å². The van der Waals surface area contributed by atoms with E-state index in [1.54, 1.807) is 19.1 Å². The Balaban J connectivity index is 2.43. The summed E-state index contributed by atoms with van der Waals surface area (Å²) in [6.45, 7) is 7.30. The van der Waals surface area contributed by atoms with Gasteiger partial charge in [0.25, 0.3) is 11.6 Å². The highest BCUT2D eigenvalue weighted by molar-refractivity contribution is 7.90. The number of sulfone groups is 1. The number of benzene rings is 2. The first kappa shape index (κ1) is 20.6. The quantitative estimate of drug-likeness (QED) is 0.630. The van der Waals surface area contributed by atoms with Crippen molar-refractivity contribution in [1.29, 1.82) is 0 Å². The van der Waals surface area contributed by atoms with Gasteiger partial charge in [0.15, 0.2) is 9.84 Å². The molecule has 0 heterocycles. The van der Waals surface area contributed by atoms with Crippen molar-refractivity contribution in [2.75, 3.05) is 11.6 Å². The largest absolute Gasteiger partial charge is 0.322 e. The van der Waals surface area contributed by atoms with E-state index < -0.39 is 26.1 Å². The number of carbonyl (C=O) groups excluding carboxylic acids is 1. The minimum absolute atomic E-state index is 0.0810. The van der Waals surface area contributed by atoms with Gasteiger partial charge in [0.05, 0.1) is 9.82 Å². The normalized spacial score (nSPS) is 11.9. The summed E-state index contributed by atoms with van der Waals surface area (Å²) in [5, 5.41) is 14.1. The number of carbonyl (C=O) groups is 1. The molecule has 8 heteroatoms. The number of anilines is 1. The van der Waals surface area contributed by atoms with Crippen molar-refractivity contribution in [1.82, 2.24) is 0 Å². The molecule has 0 bridgehead atoms. The molecule has 0 atom stereocenters. The molecule has 0 saturated heterocycles. The fourth-order valence-electron chi connectivity index (χ4n) is 2.62. The van der Waals surface area contributed by atoms with Gasteiger partial charge in [0.1, 0.15) is 0 Å². The molecule has 0 saturated carbocycles. The van der Waals surface area contributed by atoms with Gasteiger partial charge in [-0.25, -0.2) is 8.42 Å². The predicted molar refractivity (Wildman–Crippen MR) is 104 cm³/mol. The molecule has 0 aromatic heterocycles. The number of aryl methyl sites for hydroxylation is 1. The molecule has 1 amide bonds. The van der Waals surface area contributed by atoms with Crippen molar-refractivity contribution in [3.05, 3.63) is 63.2 Å². The van der Waals surface area contributed by atoms with Crippen LogP contribution < -0.4 is 5.32 Å². The number of hydrogen-bond acceptors (Lipinski definition) is 5. The molecule has 2 aromatic rings. The third-order valence-corrected chi connectivity index (χ3v) is 5.26. The summed E-state index contributed by atoms with van der Waals surface area (Å²) >= 11 is 0. The van der Waals surface area contributed by atoms with Crippen LogP contribution in [0.5, 0.6) is 0 Å². The van der Waals surface area contributed by atoms with Crippen molar-refractivity contribution in [2.45, 2.75) is 38.0 Å². The fraction of sp³-hybridized carbons (Fsp3) is 0.316. The Labute approximate surface area is 158 Å².